The first-order valence-electron chi connectivity index (χ1n) is 8.15. The number of benzene rings is 3. The van der Waals surface area contributed by atoms with Crippen molar-refractivity contribution in [2.24, 2.45) is 5.18 Å². The normalized spacial score (nSPS) is 10.4. The second-order valence-electron chi connectivity index (χ2n) is 5.57. The molecule has 120 valence electrons. The molecule has 0 heterocycles. The van der Waals surface area contributed by atoms with E-state index in [0.29, 0.717) is 0 Å². The fourth-order valence-corrected chi connectivity index (χ4v) is 2.99. The average molecular weight is 316 g/mol. The molecule has 24 heavy (non-hydrogen) atoms. The minimum absolute atomic E-state index is 0.164. The summed E-state index contributed by atoms with van der Waals surface area (Å²) >= 11 is 0. The molecule has 0 unspecified atom stereocenters. The fourth-order valence-electron chi connectivity index (χ4n) is 2.99. The summed E-state index contributed by atoms with van der Waals surface area (Å²) in [6.45, 7) is 3.00. The van der Waals surface area contributed by atoms with Gasteiger partial charge in [0.05, 0.1) is 0 Å². The highest BCUT2D eigenvalue weighted by Crippen LogP contribution is 2.40. The van der Waals surface area contributed by atoms with Gasteiger partial charge in [0.2, 0.25) is 0 Å². The predicted molar refractivity (Wildman–Crippen MR) is 101 cm³/mol. The number of rotatable bonds is 6. The molecule has 3 nitrogen and oxygen atoms in total. The minimum atomic E-state index is 0.164. The fraction of sp³-hybridized carbons (Fsp3) is 0.143. The van der Waals surface area contributed by atoms with Gasteiger partial charge in [-0.05, 0) is 23.6 Å². The topological polar surface area (TPSA) is 41.5 Å². The van der Waals surface area contributed by atoms with Crippen molar-refractivity contribution in [3.8, 4) is 22.3 Å². The Labute approximate surface area is 142 Å². The first-order valence-corrected chi connectivity index (χ1v) is 8.15. The van der Waals surface area contributed by atoms with Crippen molar-refractivity contribution in [2.45, 2.75) is 13.5 Å². The Kier molecular flexibility index (Phi) is 5.02. The van der Waals surface area contributed by atoms with Crippen LogP contribution in [0, 0.1) is 4.91 Å². The zero-order valence-electron chi connectivity index (χ0n) is 13.7. The average Bonchev–Trinajstić information content (AvgIpc) is 2.64. The Morgan fingerprint density at radius 1 is 0.833 bits per heavy atom. The molecular weight excluding hydrogens is 296 g/mol. The summed E-state index contributed by atoms with van der Waals surface area (Å²) in [4.78, 5) is 10.9. The van der Waals surface area contributed by atoms with E-state index in [1.54, 1.807) is 0 Å². The molecule has 0 aromatic heterocycles. The molecule has 0 atom stereocenters. The van der Waals surface area contributed by atoms with E-state index in [1.807, 2.05) is 42.5 Å². The SMILES string of the molecule is CCNc1c(CN=O)ccc(-c2ccccc2)c1-c1ccccc1. The zero-order chi connectivity index (χ0) is 16.8. The van der Waals surface area contributed by atoms with E-state index in [1.165, 1.54) is 0 Å². The van der Waals surface area contributed by atoms with Gasteiger partial charge in [-0.25, -0.2) is 0 Å². The van der Waals surface area contributed by atoms with Crippen molar-refractivity contribution >= 4 is 5.69 Å². The Bertz CT molecular complexity index is 814. The summed E-state index contributed by atoms with van der Waals surface area (Å²) in [6.07, 6.45) is 0. The van der Waals surface area contributed by atoms with Crippen LogP contribution >= 0.6 is 0 Å². The lowest BCUT2D eigenvalue weighted by molar-refractivity contribution is 1.05. The van der Waals surface area contributed by atoms with Crippen LogP contribution in [-0.2, 0) is 6.54 Å². The van der Waals surface area contributed by atoms with Gasteiger partial charge < -0.3 is 5.32 Å². The van der Waals surface area contributed by atoms with E-state index >= 15 is 0 Å². The minimum Gasteiger partial charge on any atom is -0.385 e. The summed E-state index contributed by atoms with van der Waals surface area (Å²) in [6, 6.07) is 24.7. The zero-order valence-corrected chi connectivity index (χ0v) is 13.7. The third kappa shape index (κ3) is 3.20. The van der Waals surface area contributed by atoms with Crippen molar-refractivity contribution in [3.05, 3.63) is 83.3 Å². The first-order chi connectivity index (χ1) is 11.8. The maximum Gasteiger partial charge on any atom is 0.108 e. The summed E-state index contributed by atoms with van der Waals surface area (Å²) in [5.74, 6) is 0. The van der Waals surface area contributed by atoms with Gasteiger partial charge in [-0.2, -0.15) is 4.91 Å². The monoisotopic (exact) mass is 316 g/mol. The van der Waals surface area contributed by atoms with Crippen LogP contribution < -0.4 is 5.32 Å². The van der Waals surface area contributed by atoms with Crippen molar-refractivity contribution in [1.29, 1.82) is 0 Å². The highest BCUT2D eigenvalue weighted by molar-refractivity contribution is 5.93. The molecule has 1 N–H and O–H groups in total. The molecule has 3 rings (SSSR count). The lowest BCUT2D eigenvalue weighted by Gasteiger charge is -2.19. The van der Waals surface area contributed by atoms with E-state index in [9.17, 15) is 4.91 Å². The van der Waals surface area contributed by atoms with Crippen LogP contribution in [0.2, 0.25) is 0 Å². The lowest BCUT2D eigenvalue weighted by atomic mass is 9.90. The predicted octanol–water partition coefficient (Wildman–Crippen LogP) is 5.72. The van der Waals surface area contributed by atoms with Gasteiger partial charge in [0, 0.05) is 23.4 Å². The largest absolute Gasteiger partial charge is 0.385 e. The molecule has 0 saturated carbocycles. The molecule has 3 aromatic rings. The van der Waals surface area contributed by atoms with Crippen molar-refractivity contribution in [2.75, 3.05) is 11.9 Å². The van der Waals surface area contributed by atoms with Gasteiger partial charge in [-0.15, -0.1) is 0 Å². The van der Waals surface area contributed by atoms with Gasteiger partial charge in [-0.3, -0.25) is 0 Å². The number of nitrogens with zero attached hydrogens (tertiary/aromatic N) is 1. The van der Waals surface area contributed by atoms with E-state index < -0.39 is 0 Å². The molecule has 0 spiro atoms. The molecule has 0 fully saturated rings. The van der Waals surface area contributed by atoms with Crippen molar-refractivity contribution < 1.29 is 0 Å². The van der Waals surface area contributed by atoms with E-state index in [0.717, 1.165) is 40.0 Å². The van der Waals surface area contributed by atoms with Crippen LogP contribution in [0.3, 0.4) is 0 Å². The quantitative estimate of drug-likeness (QED) is 0.591. The van der Waals surface area contributed by atoms with Crippen LogP contribution in [0.15, 0.2) is 78.0 Å². The van der Waals surface area contributed by atoms with Crippen LogP contribution in [-0.4, -0.2) is 6.54 Å². The van der Waals surface area contributed by atoms with E-state index in [-0.39, 0.29) is 6.54 Å². The molecule has 0 radical (unpaired) electrons. The van der Waals surface area contributed by atoms with Crippen molar-refractivity contribution in [3.63, 3.8) is 0 Å². The highest BCUT2D eigenvalue weighted by Gasteiger charge is 2.16. The Balaban J connectivity index is 2.30. The molecule has 0 amide bonds. The summed E-state index contributed by atoms with van der Waals surface area (Å²) in [7, 11) is 0. The molecule has 0 aliphatic carbocycles. The lowest BCUT2D eigenvalue weighted by Crippen LogP contribution is -2.04. The third-order valence-corrected chi connectivity index (χ3v) is 4.03. The molecule has 3 aromatic carbocycles. The molecular formula is C21H20N2O. The number of nitrogens with one attached hydrogen (secondary N) is 1. The van der Waals surface area contributed by atoms with Crippen LogP contribution in [0.1, 0.15) is 12.5 Å². The summed E-state index contributed by atoms with van der Waals surface area (Å²) < 4.78 is 0. The van der Waals surface area contributed by atoms with Crippen LogP contribution in [0.4, 0.5) is 5.69 Å². The molecule has 0 bridgehead atoms. The Morgan fingerprint density at radius 3 is 2.04 bits per heavy atom. The standard InChI is InChI=1S/C21H20N2O/c1-2-22-21-18(15-23-24)13-14-19(16-9-5-3-6-10-16)20(21)17-11-7-4-8-12-17/h3-14,22H,2,15H2,1H3. The van der Waals surface area contributed by atoms with Gasteiger partial charge in [0.25, 0.3) is 0 Å². The first kappa shape index (κ1) is 15.9. The second-order valence-corrected chi connectivity index (χ2v) is 5.57. The van der Waals surface area contributed by atoms with Crippen LogP contribution in [0.5, 0.6) is 0 Å². The molecule has 0 aliphatic heterocycles. The highest BCUT2D eigenvalue weighted by atomic mass is 16.3. The maximum absolute atomic E-state index is 10.9. The van der Waals surface area contributed by atoms with E-state index in [2.05, 4.69) is 47.7 Å². The van der Waals surface area contributed by atoms with Gasteiger partial charge >= 0.3 is 0 Å². The van der Waals surface area contributed by atoms with Gasteiger partial charge in [0.15, 0.2) is 0 Å². The Hall–Kier alpha value is -2.94. The van der Waals surface area contributed by atoms with E-state index in [4.69, 9.17) is 0 Å². The van der Waals surface area contributed by atoms with Gasteiger partial charge in [0.1, 0.15) is 6.54 Å². The Morgan fingerprint density at radius 2 is 1.46 bits per heavy atom. The summed E-state index contributed by atoms with van der Waals surface area (Å²) in [5, 5.41) is 6.54. The number of hydrogen-bond donors (Lipinski definition) is 1. The number of anilines is 1. The molecule has 0 aliphatic rings. The summed E-state index contributed by atoms with van der Waals surface area (Å²) in [5.41, 5.74) is 6.45. The van der Waals surface area contributed by atoms with Gasteiger partial charge in [-0.1, -0.05) is 78.0 Å². The smallest absolute Gasteiger partial charge is 0.108 e. The second kappa shape index (κ2) is 7.55. The van der Waals surface area contributed by atoms with Crippen molar-refractivity contribution in [1.82, 2.24) is 0 Å². The number of hydrogen-bond acceptors (Lipinski definition) is 3. The number of nitroso groups, excluding NO2 is 1. The maximum atomic E-state index is 10.9. The van der Waals surface area contributed by atoms with Crippen LogP contribution in [0.25, 0.3) is 22.3 Å². The third-order valence-electron chi connectivity index (χ3n) is 4.03. The molecule has 0 saturated heterocycles. The molecule has 3 heteroatoms.